The van der Waals surface area contributed by atoms with Gasteiger partial charge in [0.25, 0.3) is 0 Å². The van der Waals surface area contributed by atoms with Crippen LogP contribution in [0.4, 0.5) is 0 Å². The van der Waals surface area contributed by atoms with Gasteiger partial charge in [-0.3, -0.25) is 4.79 Å². The molecule has 4 nitrogen and oxygen atoms in total. The summed E-state index contributed by atoms with van der Waals surface area (Å²) in [5.41, 5.74) is 0. The van der Waals surface area contributed by atoms with E-state index in [1.165, 1.54) is 0 Å². The molecule has 0 saturated heterocycles. The lowest BCUT2D eigenvalue weighted by Gasteiger charge is -2.24. The zero-order valence-electron chi connectivity index (χ0n) is 10.2. The number of amides is 1. The molecule has 0 radical (unpaired) electrons. The van der Waals surface area contributed by atoms with Crippen LogP contribution in [0.3, 0.4) is 0 Å². The van der Waals surface area contributed by atoms with Gasteiger partial charge < -0.3 is 15.7 Å². The van der Waals surface area contributed by atoms with Crippen molar-refractivity contribution in [1.29, 1.82) is 0 Å². The Morgan fingerprint density at radius 3 is 2.56 bits per heavy atom. The van der Waals surface area contributed by atoms with Gasteiger partial charge in [-0.25, -0.2) is 0 Å². The summed E-state index contributed by atoms with van der Waals surface area (Å²) in [4.78, 5) is 11.7. The maximum absolute atomic E-state index is 11.7. The average molecular weight is 246 g/mol. The summed E-state index contributed by atoms with van der Waals surface area (Å²) in [6, 6.07) is 0.331. The summed E-state index contributed by atoms with van der Waals surface area (Å²) in [5, 5.41) is 15.5. The normalized spacial score (nSPS) is 21.2. The third kappa shape index (κ3) is 4.31. The number of carbonyl (C=O) groups excluding carboxylic acids is 1. The van der Waals surface area contributed by atoms with Crippen LogP contribution in [0.2, 0.25) is 0 Å². The topological polar surface area (TPSA) is 61.4 Å². The molecule has 0 aliphatic heterocycles. The van der Waals surface area contributed by atoms with Crippen LogP contribution in [0.25, 0.3) is 0 Å². The zero-order valence-corrected chi connectivity index (χ0v) is 11.0. The predicted molar refractivity (Wildman–Crippen MR) is 67.6 cm³/mol. The van der Waals surface area contributed by atoms with Gasteiger partial charge in [0.1, 0.15) is 0 Å². The molecule has 1 aliphatic rings. The fourth-order valence-electron chi connectivity index (χ4n) is 1.57. The Labute approximate surface area is 102 Å². The molecule has 3 N–H and O–H groups in total. The highest BCUT2D eigenvalue weighted by Crippen LogP contribution is 2.18. The van der Waals surface area contributed by atoms with E-state index < -0.39 is 0 Å². The van der Waals surface area contributed by atoms with Crippen LogP contribution < -0.4 is 10.6 Å². The Kier molecular flexibility index (Phi) is 5.58. The number of thioether (sulfide) groups is 1. The smallest absolute Gasteiger partial charge is 0.237 e. The minimum absolute atomic E-state index is 0.0622. The molecule has 5 heteroatoms. The molecule has 0 spiro atoms. The molecule has 1 fully saturated rings. The van der Waals surface area contributed by atoms with Crippen LogP contribution in [0, 0.1) is 0 Å². The standard InChI is InChI=1S/C11H22N2O2S/c1-7(10(6-14)16-3)12-8(2)11(15)13-9-4-5-9/h7-10,12,14H,4-6H2,1-3H3,(H,13,15). The van der Waals surface area contributed by atoms with Crippen LogP contribution in [-0.2, 0) is 4.79 Å². The molecule has 0 bridgehead atoms. The first kappa shape index (κ1) is 13.8. The van der Waals surface area contributed by atoms with E-state index in [2.05, 4.69) is 10.6 Å². The molecule has 94 valence electrons. The maximum Gasteiger partial charge on any atom is 0.237 e. The second kappa shape index (κ2) is 6.47. The predicted octanol–water partition coefficient (Wildman–Crippen LogP) is 0.356. The van der Waals surface area contributed by atoms with Crippen molar-refractivity contribution in [2.24, 2.45) is 0 Å². The summed E-state index contributed by atoms with van der Waals surface area (Å²) < 4.78 is 0. The fraction of sp³-hybridized carbons (Fsp3) is 0.909. The molecule has 3 atom stereocenters. The monoisotopic (exact) mass is 246 g/mol. The van der Waals surface area contributed by atoms with E-state index in [0.717, 1.165) is 12.8 Å². The molecule has 0 heterocycles. The van der Waals surface area contributed by atoms with Crippen LogP contribution in [0.1, 0.15) is 26.7 Å². The van der Waals surface area contributed by atoms with Crippen LogP contribution >= 0.6 is 11.8 Å². The molecule has 0 aromatic carbocycles. The summed E-state index contributed by atoms with van der Waals surface area (Å²) in [6.45, 7) is 3.99. The van der Waals surface area contributed by atoms with E-state index in [1.54, 1.807) is 11.8 Å². The van der Waals surface area contributed by atoms with Crippen LogP contribution in [0.15, 0.2) is 0 Å². The van der Waals surface area contributed by atoms with Crippen molar-refractivity contribution >= 4 is 17.7 Å². The first-order chi connectivity index (χ1) is 7.58. The lowest BCUT2D eigenvalue weighted by atomic mass is 10.2. The Hall–Kier alpha value is -0.260. The first-order valence-corrected chi connectivity index (χ1v) is 7.07. The third-order valence-electron chi connectivity index (χ3n) is 2.87. The van der Waals surface area contributed by atoms with Gasteiger partial charge in [-0.05, 0) is 32.9 Å². The number of nitrogens with one attached hydrogen (secondary N) is 2. The molecule has 1 amide bonds. The van der Waals surface area contributed by atoms with Crippen molar-refractivity contribution in [3.8, 4) is 0 Å². The average Bonchev–Trinajstić information content (AvgIpc) is 3.03. The van der Waals surface area contributed by atoms with Gasteiger partial charge in [0, 0.05) is 17.3 Å². The lowest BCUT2D eigenvalue weighted by molar-refractivity contribution is -0.123. The van der Waals surface area contributed by atoms with Gasteiger partial charge in [-0.15, -0.1) is 0 Å². The van der Waals surface area contributed by atoms with Gasteiger partial charge >= 0.3 is 0 Å². The number of rotatable bonds is 7. The van der Waals surface area contributed by atoms with Crippen molar-refractivity contribution in [1.82, 2.24) is 10.6 Å². The number of hydrogen-bond donors (Lipinski definition) is 3. The van der Waals surface area contributed by atoms with Gasteiger partial charge in [-0.1, -0.05) is 0 Å². The molecule has 3 unspecified atom stereocenters. The second-order valence-electron chi connectivity index (χ2n) is 4.42. The SMILES string of the molecule is CSC(CO)C(C)NC(C)C(=O)NC1CC1. The summed E-state index contributed by atoms with van der Waals surface area (Å²) in [5.74, 6) is 0.0622. The van der Waals surface area contributed by atoms with E-state index in [4.69, 9.17) is 5.11 Å². The van der Waals surface area contributed by atoms with E-state index >= 15 is 0 Å². The maximum atomic E-state index is 11.7. The van der Waals surface area contributed by atoms with Crippen molar-refractivity contribution in [3.63, 3.8) is 0 Å². The number of hydrogen-bond acceptors (Lipinski definition) is 4. The quantitative estimate of drug-likeness (QED) is 0.607. The molecule has 1 aliphatic carbocycles. The molecule has 16 heavy (non-hydrogen) atoms. The van der Waals surface area contributed by atoms with Gasteiger partial charge in [-0.2, -0.15) is 11.8 Å². The summed E-state index contributed by atoms with van der Waals surface area (Å²) >= 11 is 1.61. The Bertz CT molecular complexity index is 230. The lowest BCUT2D eigenvalue weighted by Crippen LogP contribution is -2.49. The van der Waals surface area contributed by atoms with E-state index in [-0.39, 0.29) is 29.8 Å². The second-order valence-corrected chi connectivity index (χ2v) is 5.49. The molecule has 0 aromatic heterocycles. The summed E-state index contributed by atoms with van der Waals surface area (Å²) in [7, 11) is 0. The number of aliphatic hydroxyl groups is 1. The minimum Gasteiger partial charge on any atom is -0.395 e. The fourth-order valence-corrected chi connectivity index (χ4v) is 2.20. The van der Waals surface area contributed by atoms with Gasteiger partial charge in [0.2, 0.25) is 5.91 Å². The number of carbonyl (C=O) groups is 1. The highest BCUT2D eigenvalue weighted by Gasteiger charge is 2.27. The van der Waals surface area contributed by atoms with Gasteiger partial charge in [0.05, 0.1) is 12.6 Å². The molecule has 1 rings (SSSR count). The van der Waals surface area contributed by atoms with Crippen molar-refractivity contribution in [2.75, 3.05) is 12.9 Å². The zero-order chi connectivity index (χ0) is 12.1. The molecule has 0 aromatic rings. The van der Waals surface area contributed by atoms with Crippen molar-refractivity contribution in [3.05, 3.63) is 0 Å². The summed E-state index contributed by atoms with van der Waals surface area (Å²) in [6.07, 6.45) is 4.18. The molecular weight excluding hydrogens is 224 g/mol. The highest BCUT2D eigenvalue weighted by molar-refractivity contribution is 7.99. The Morgan fingerprint density at radius 2 is 2.12 bits per heavy atom. The Balaban J connectivity index is 2.30. The third-order valence-corrected chi connectivity index (χ3v) is 4.03. The number of aliphatic hydroxyl groups excluding tert-OH is 1. The van der Waals surface area contributed by atoms with E-state index in [9.17, 15) is 4.79 Å². The van der Waals surface area contributed by atoms with E-state index in [0.29, 0.717) is 6.04 Å². The van der Waals surface area contributed by atoms with Crippen LogP contribution in [0.5, 0.6) is 0 Å². The molecule has 1 saturated carbocycles. The highest BCUT2D eigenvalue weighted by atomic mass is 32.2. The first-order valence-electron chi connectivity index (χ1n) is 5.78. The molecular formula is C11H22N2O2S. The van der Waals surface area contributed by atoms with Gasteiger partial charge in [0.15, 0.2) is 0 Å². The Morgan fingerprint density at radius 1 is 1.50 bits per heavy atom. The van der Waals surface area contributed by atoms with Crippen molar-refractivity contribution < 1.29 is 9.90 Å². The van der Waals surface area contributed by atoms with E-state index in [1.807, 2.05) is 20.1 Å². The minimum atomic E-state index is -0.197. The van der Waals surface area contributed by atoms with Crippen LogP contribution in [-0.4, -0.2) is 47.3 Å². The van der Waals surface area contributed by atoms with Crippen molar-refractivity contribution in [2.45, 2.75) is 50.1 Å². The largest absolute Gasteiger partial charge is 0.395 e.